The SMILES string of the molecule is CCOC(=O)C1=C(C)N=c2s/c(=C\c3ccc(OCc4ccc(Cl)cc4)c(Br)c3)c(=O)n2[C@H]1c1cc(OC)c(OC)cc1Br. The summed E-state index contributed by atoms with van der Waals surface area (Å²) in [4.78, 5) is 32.4. The van der Waals surface area contributed by atoms with E-state index >= 15 is 0 Å². The van der Waals surface area contributed by atoms with E-state index in [9.17, 15) is 9.59 Å². The van der Waals surface area contributed by atoms with Crippen LogP contribution < -0.4 is 29.1 Å². The maximum Gasteiger partial charge on any atom is 0.338 e. The number of methoxy groups -OCH3 is 2. The van der Waals surface area contributed by atoms with Gasteiger partial charge in [-0.05, 0) is 88.9 Å². The van der Waals surface area contributed by atoms with Crippen molar-refractivity contribution >= 4 is 66.8 Å². The fourth-order valence-electron chi connectivity index (χ4n) is 4.78. The predicted molar refractivity (Wildman–Crippen MR) is 178 cm³/mol. The van der Waals surface area contributed by atoms with Crippen LogP contribution in [0.2, 0.25) is 5.02 Å². The van der Waals surface area contributed by atoms with Crippen LogP contribution in [-0.4, -0.2) is 31.4 Å². The molecule has 44 heavy (non-hydrogen) atoms. The fraction of sp³-hybridized carbons (Fsp3) is 0.219. The normalized spacial score (nSPS) is 14.6. The van der Waals surface area contributed by atoms with Gasteiger partial charge in [0, 0.05) is 9.50 Å². The molecule has 0 spiro atoms. The molecule has 4 aromatic rings. The molecule has 0 bridgehead atoms. The van der Waals surface area contributed by atoms with Crippen molar-refractivity contribution in [3.8, 4) is 17.2 Å². The number of ether oxygens (including phenoxy) is 4. The molecule has 2 heterocycles. The maximum atomic E-state index is 14.0. The molecule has 1 aliphatic rings. The van der Waals surface area contributed by atoms with Gasteiger partial charge in [0.2, 0.25) is 0 Å². The number of nitrogens with zero attached hydrogens (tertiary/aromatic N) is 2. The third-order valence-electron chi connectivity index (χ3n) is 6.88. The van der Waals surface area contributed by atoms with Crippen molar-refractivity contribution in [3.05, 3.63) is 116 Å². The van der Waals surface area contributed by atoms with Gasteiger partial charge in [-0.2, -0.15) is 0 Å². The molecule has 5 rings (SSSR count). The molecule has 3 aromatic carbocycles. The van der Waals surface area contributed by atoms with E-state index < -0.39 is 12.0 Å². The molecular weight excluding hydrogens is 736 g/mol. The molecule has 0 saturated carbocycles. The number of hydrogen-bond donors (Lipinski definition) is 0. The summed E-state index contributed by atoms with van der Waals surface area (Å²) in [6, 6.07) is 15.7. The molecule has 0 fully saturated rings. The Labute approximate surface area is 279 Å². The molecular formula is C32H27Br2ClN2O6S. The van der Waals surface area contributed by atoms with Crippen LogP contribution in [0.15, 0.2) is 84.6 Å². The second kappa shape index (κ2) is 13.7. The molecule has 0 N–H and O–H groups in total. The summed E-state index contributed by atoms with van der Waals surface area (Å²) >= 11 is 14.4. The Morgan fingerprint density at radius 1 is 1.02 bits per heavy atom. The lowest BCUT2D eigenvalue weighted by Gasteiger charge is -2.26. The van der Waals surface area contributed by atoms with Crippen molar-refractivity contribution in [2.45, 2.75) is 26.5 Å². The number of carbonyl (C=O) groups excluding carboxylic acids is 1. The average molecular weight is 763 g/mol. The van der Waals surface area contributed by atoms with Crippen molar-refractivity contribution in [2.75, 3.05) is 20.8 Å². The highest BCUT2D eigenvalue weighted by Crippen LogP contribution is 2.40. The quantitative estimate of drug-likeness (QED) is 0.179. The number of hydrogen-bond acceptors (Lipinski definition) is 8. The number of rotatable bonds is 9. The summed E-state index contributed by atoms with van der Waals surface area (Å²) in [6.45, 7) is 4.02. The number of allylic oxidation sites excluding steroid dienone is 1. The minimum absolute atomic E-state index is 0.175. The largest absolute Gasteiger partial charge is 0.493 e. The number of esters is 1. The van der Waals surface area contributed by atoms with E-state index in [0.29, 0.717) is 53.9 Å². The van der Waals surface area contributed by atoms with Crippen LogP contribution in [0, 0.1) is 0 Å². The summed E-state index contributed by atoms with van der Waals surface area (Å²) in [5.74, 6) is 1.06. The molecule has 0 aliphatic carbocycles. The smallest absolute Gasteiger partial charge is 0.338 e. The third-order valence-corrected chi connectivity index (χ3v) is 9.42. The molecule has 0 radical (unpaired) electrons. The van der Waals surface area contributed by atoms with Gasteiger partial charge in [-0.1, -0.05) is 57.1 Å². The van der Waals surface area contributed by atoms with Gasteiger partial charge >= 0.3 is 5.97 Å². The molecule has 0 amide bonds. The highest BCUT2D eigenvalue weighted by molar-refractivity contribution is 9.10. The van der Waals surface area contributed by atoms with E-state index in [1.165, 1.54) is 30.1 Å². The van der Waals surface area contributed by atoms with Gasteiger partial charge in [-0.3, -0.25) is 9.36 Å². The Bertz CT molecular complexity index is 1950. The van der Waals surface area contributed by atoms with Crippen LogP contribution in [0.25, 0.3) is 6.08 Å². The first-order valence-electron chi connectivity index (χ1n) is 13.4. The van der Waals surface area contributed by atoms with Gasteiger partial charge in [0.05, 0.1) is 47.1 Å². The zero-order chi connectivity index (χ0) is 31.5. The molecule has 228 valence electrons. The van der Waals surface area contributed by atoms with Crippen molar-refractivity contribution in [3.63, 3.8) is 0 Å². The Balaban J connectivity index is 1.57. The van der Waals surface area contributed by atoms with Gasteiger partial charge in [-0.25, -0.2) is 9.79 Å². The van der Waals surface area contributed by atoms with E-state index in [1.807, 2.05) is 42.5 Å². The first-order chi connectivity index (χ1) is 21.1. The fourth-order valence-corrected chi connectivity index (χ4v) is 7.00. The third kappa shape index (κ3) is 6.51. The lowest BCUT2D eigenvalue weighted by molar-refractivity contribution is -0.139. The van der Waals surface area contributed by atoms with Gasteiger partial charge in [0.1, 0.15) is 12.4 Å². The van der Waals surface area contributed by atoms with Crippen molar-refractivity contribution < 1.29 is 23.7 Å². The Morgan fingerprint density at radius 2 is 1.73 bits per heavy atom. The van der Waals surface area contributed by atoms with Crippen molar-refractivity contribution in [1.29, 1.82) is 0 Å². The summed E-state index contributed by atoms with van der Waals surface area (Å²) in [7, 11) is 3.07. The standard InChI is InChI=1S/C32H27Br2ClN2O6S/c1-5-42-31(39)28-17(2)36-32-37(29(28)21-14-25(40-3)26(41-4)15-22(21)33)30(38)27(44-32)13-19-8-11-24(23(34)12-19)43-16-18-6-9-20(35)10-7-18/h6-15,29H,5,16H2,1-4H3/b27-13-/t29-/m0/s1. The number of aromatic nitrogens is 1. The number of carbonyl (C=O) groups is 1. The lowest BCUT2D eigenvalue weighted by atomic mass is 9.95. The van der Waals surface area contributed by atoms with E-state index in [4.69, 9.17) is 30.5 Å². The Kier molecular flexibility index (Phi) is 9.99. The summed E-state index contributed by atoms with van der Waals surface area (Å²) < 4.78 is 25.7. The van der Waals surface area contributed by atoms with E-state index in [1.54, 1.807) is 32.1 Å². The van der Waals surface area contributed by atoms with Crippen LogP contribution >= 0.6 is 54.8 Å². The molecule has 0 unspecified atom stereocenters. The lowest BCUT2D eigenvalue weighted by Crippen LogP contribution is -2.40. The predicted octanol–water partition coefficient (Wildman–Crippen LogP) is 6.57. The first-order valence-corrected chi connectivity index (χ1v) is 16.2. The van der Waals surface area contributed by atoms with Gasteiger partial charge in [0.25, 0.3) is 5.56 Å². The summed E-state index contributed by atoms with van der Waals surface area (Å²) in [5, 5.41) is 0.666. The minimum Gasteiger partial charge on any atom is -0.493 e. The monoisotopic (exact) mass is 760 g/mol. The maximum absolute atomic E-state index is 14.0. The molecule has 8 nitrogen and oxygen atoms in total. The number of benzene rings is 3. The van der Waals surface area contributed by atoms with Gasteiger partial charge in [-0.15, -0.1) is 0 Å². The number of halogens is 3. The van der Waals surface area contributed by atoms with Crippen LogP contribution in [0.1, 0.15) is 36.6 Å². The van der Waals surface area contributed by atoms with Gasteiger partial charge in [0.15, 0.2) is 16.3 Å². The Hall–Kier alpha value is -3.38. The number of fused-ring (bicyclic) bond motifs is 1. The van der Waals surface area contributed by atoms with Crippen LogP contribution in [0.5, 0.6) is 17.2 Å². The molecule has 0 saturated heterocycles. The van der Waals surface area contributed by atoms with Crippen LogP contribution in [0.3, 0.4) is 0 Å². The summed E-state index contributed by atoms with van der Waals surface area (Å²) in [5.41, 5.74) is 2.83. The molecule has 1 aromatic heterocycles. The highest BCUT2D eigenvalue weighted by atomic mass is 79.9. The first kappa shape index (κ1) is 32.0. The van der Waals surface area contributed by atoms with E-state index in [-0.39, 0.29) is 17.7 Å². The second-order valence-corrected chi connectivity index (χ2v) is 12.8. The highest BCUT2D eigenvalue weighted by Gasteiger charge is 2.35. The molecule has 1 aliphatic heterocycles. The van der Waals surface area contributed by atoms with Crippen molar-refractivity contribution in [1.82, 2.24) is 4.57 Å². The van der Waals surface area contributed by atoms with Gasteiger partial charge < -0.3 is 18.9 Å². The number of thiazole rings is 1. The second-order valence-electron chi connectivity index (χ2n) is 9.64. The minimum atomic E-state index is -0.822. The molecule has 12 heteroatoms. The zero-order valence-corrected chi connectivity index (χ0v) is 28.9. The van der Waals surface area contributed by atoms with Crippen LogP contribution in [0.4, 0.5) is 0 Å². The summed E-state index contributed by atoms with van der Waals surface area (Å²) in [6.07, 6.45) is 1.79. The van der Waals surface area contributed by atoms with Crippen LogP contribution in [-0.2, 0) is 16.1 Å². The van der Waals surface area contributed by atoms with E-state index in [0.717, 1.165) is 15.6 Å². The Morgan fingerprint density at radius 3 is 2.39 bits per heavy atom. The molecule has 1 atom stereocenters. The van der Waals surface area contributed by atoms with E-state index in [2.05, 4.69) is 36.9 Å². The topological polar surface area (TPSA) is 88.4 Å². The van der Waals surface area contributed by atoms with Crippen molar-refractivity contribution in [2.24, 2.45) is 4.99 Å². The average Bonchev–Trinajstić information content (AvgIpc) is 3.30. The zero-order valence-electron chi connectivity index (χ0n) is 24.2.